The first kappa shape index (κ1) is 18.1. The van der Waals surface area contributed by atoms with E-state index in [0.717, 1.165) is 28.6 Å². The number of halogens is 1. The summed E-state index contributed by atoms with van der Waals surface area (Å²) in [6.07, 6.45) is 3.08. The van der Waals surface area contributed by atoms with Crippen LogP contribution in [-0.2, 0) is 4.79 Å². The van der Waals surface area contributed by atoms with E-state index >= 15 is 0 Å². The number of benzene rings is 1. The Kier molecular flexibility index (Phi) is 6.81. The molecule has 5 heteroatoms. The molecule has 0 spiro atoms. The molecule has 0 saturated carbocycles. The Balaban J connectivity index is 3.11. The van der Waals surface area contributed by atoms with Gasteiger partial charge in [0.2, 0.25) is 5.91 Å². The fraction of sp³-hybridized carbons (Fsp3) is 0.500. The predicted octanol–water partition coefficient (Wildman–Crippen LogP) is 4.57. The Morgan fingerprint density at radius 1 is 1.33 bits per heavy atom. The lowest BCUT2D eigenvalue weighted by atomic mass is 9.78. The van der Waals surface area contributed by atoms with Crippen LogP contribution in [0.4, 0.5) is 5.69 Å². The Morgan fingerprint density at radius 2 is 1.90 bits per heavy atom. The van der Waals surface area contributed by atoms with Gasteiger partial charge in [0.05, 0.1) is 10.4 Å². The summed E-state index contributed by atoms with van der Waals surface area (Å²) < 4.78 is 0.926. The van der Waals surface area contributed by atoms with Crippen molar-refractivity contribution in [1.29, 1.82) is 0 Å². The van der Waals surface area contributed by atoms with Gasteiger partial charge in [-0.1, -0.05) is 60.9 Å². The smallest absolute Gasteiger partial charge is 0.237 e. The molecule has 1 aromatic rings. The van der Waals surface area contributed by atoms with E-state index in [1.165, 1.54) is 0 Å². The number of carbonyl (C=O) groups is 1. The summed E-state index contributed by atoms with van der Waals surface area (Å²) in [5, 5.41) is 3.01. The molecule has 0 radical (unpaired) electrons. The largest absolute Gasteiger partial charge is 0.392 e. The van der Waals surface area contributed by atoms with Gasteiger partial charge in [-0.05, 0) is 37.5 Å². The lowest BCUT2D eigenvalue weighted by molar-refractivity contribution is -0.122. The molecule has 116 valence electrons. The molecule has 0 unspecified atom stereocenters. The van der Waals surface area contributed by atoms with E-state index in [1.807, 2.05) is 39.0 Å². The monoisotopic (exact) mass is 370 g/mol. The van der Waals surface area contributed by atoms with E-state index in [9.17, 15) is 4.79 Å². The van der Waals surface area contributed by atoms with Crippen molar-refractivity contribution in [1.82, 2.24) is 0 Å². The van der Waals surface area contributed by atoms with Crippen molar-refractivity contribution in [3.63, 3.8) is 0 Å². The predicted molar refractivity (Wildman–Crippen MR) is 96.5 cm³/mol. The first-order valence-electron chi connectivity index (χ1n) is 7.25. The zero-order valence-electron chi connectivity index (χ0n) is 12.8. The van der Waals surface area contributed by atoms with Crippen LogP contribution < -0.4 is 11.1 Å². The zero-order valence-corrected chi connectivity index (χ0v) is 15.2. The second-order valence-corrected chi connectivity index (χ2v) is 6.72. The molecule has 0 atom stereocenters. The van der Waals surface area contributed by atoms with Gasteiger partial charge in [-0.15, -0.1) is 0 Å². The van der Waals surface area contributed by atoms with Gasteiger partial charge >= 0.3 is 0 Å². The van der Waals surface area contributed by atoms with Gasteiger partial charge in [0.25, 0.3) is 0 Å². The van der Waals surface area contributed by atoms with Crippen LogP contribution >= 0.6 is 28.1 Å². The molecule has 1 amide bonds. The summed E-state index contributed by atoms with van der Waals surface area (Å²) in [6, 6.07) is 5.81. The third-order valence-electron chi connectivity index (χ3n) is 3.71. The van der Waals surface area contributed by atoms with Crippen LogP contribution in [0.25, 0.3) is 0 Å². The number of hydrogen-bond acceptors (Lipinski definition) is 2. The van der Waals surface area contributed by atoms with Crippen LogP contribution in [0.1, 0.15) is 45.1 Å². The van der Waals surface area contributed by atoms with Crippen LogP contribution in [0, 0.1) is 12.3 Å². The van der Waals surface area contributed by atoms with E-state index in [4.69, 9.17) is 18.0 Å². The molecule has 0 aliphatic rings. The normalized spacial score (nSPS) is 11.2. The van der Waals surface area contributed by atoms with E-state index in [-0.39, 0.29) is 10.9 Å². The highest BCUT2D eigenvalue weighted by atomic mass is 79.9. The lowest BCUT2D eigenvalue weighted by Gasteiger charge is -2.31. The van der Waals surface area contributed by atoms with Crippen molar-refractivity contribution in [2.24, 2.45) is 11.1 Å². The average Bonchev–Trinajstić information content (AvgIpc) is 2.42. The van der Waals surface area contributed by atoms with Crippen molar-refractivity contribution in [3.8, 4) is 0 Å². The number of nitrogens with two attached hydrogens (primary N) is 1. The van der Waals surface area contributed by atoms with Crippen molar-refractivity contribution >= 4 is 44.7 Å². The maximum Gasteiger partial charge on any atom is 0.237 e. The highest BCUT2D eigenvalue weighted by molar-refractivity contribution is 9.10. The van der Waals surface area contributed by atoms with Crippen molar-refractivity contribution in [3.05, 3.63) is 28.2 Å². The quantitative estimate of drug-likeness (QED) is 0.691. The summed E-state index contributed by atoms with van der Waals surface area (Å²) in [6.45, 7) is 6.05. The van der Waals surface area contributed by atoms with Crippen molar-refractivity contribution in [2.45, 2.75) is 46.5 Å². The van der Waals surface area contributed by atoms with Gasteiger partial charge in [0.1, 0.15) is 0 Å². The van der Waals surface area contributed by atoms with Crippen LogP contribution in [0.5, 0.6) is 0 Å². The Hall–Kier alpha value is -0.940. The van der Waals surface area contributed by atoms with E-state index in [0.29, 0.717) is 12.8 Å². The minimum Gasteiger partial charge on any atom is -0.392 e. The maximum atomic E-state index is 12.8. The molecule has 0 aliphatic carbocycles. The van der Waals surface area contributed by atoms with Gasteiger partial charge < -0.3 is 11.1 Å². The van der Waals surface area contributed by atoms with Crippen LogP contribution in [0.15, 0.2) is 22.7 Å². The maximum absolute atomic E-state index is 12.8. The molecule has 0 aliphatic heterocycles. The molecule has 0 aromatic heterocycles. The van der Waals surface area contributed by atoms with E-state index in [1.54, 1.807) is 0 Å². The molecule has 0 fully saturated rings. The molecule has 1 aromatic carbocycles. The SMILES string of the molecule is CCCC(CCC)(C(=O)Nc1cc(Br)ccc1C)C(N)=S. The van der Waals surface area contributed by atoms with Crippen LogP contribution in [0.2, 0.25) is 0 Å². The minimum absolute atomic E-state index is 0.0973. The Morgan fingerprint density at radius 3 is 2.38 bits per heavy atom. The summed E-state index contributed by atoms with van der Waals surface area (Å²) >= 11 is 8.64. The molecular weight excluding hydrogens is 348 g/mol. The number of hydrogen-bond donors (Lipinski definition) is 2. The fourth-order valence-corrected chi connectivity index (χ4v) is 3.19. The number of anilines is 1. The van der Waals surface area contributed by atoms with Gasteiger partial charge in [-0.3, -0.25) is 4.79 Å². The second kappa shape index (κ2) is 7.90. The molecular formula is C16H23BrN2OS. The zero-order chi connectivity index (χ0) is 16.0. The standard InChI is InChI=1S/C16H23BrN2OS/c1-4-8-16(9-5-2,14(18)21)15(20)19-13-10-12(17)7-6-11(13)3/h6-7,10H,4-5,8-9H2,1-3H3,(H2,18,21)(H,19,20). The summed E-state index contributed by atoms with van der Waals surface area (Å²) in [7, 11) is 0. The number of rotatable bonds is 7. The molecule has 21 heavy (non-hydrogen) atoms. The molecule has 0 saturated heterocycles. The number of carbonyl (C=O) groups excluding carboxylic acids is 1. The molecule has 1 rings (SSSR count). The second-order valence-electron chi connectivity index (χ2n) is 5.36. The Bertz CT molecular complexity index is 525. The van der Waals surface area contributed by atoms with Gasteiger partial charge in [0, 0.05) is 10.2 Å². The van der Waals surface area contributed by atoms with Crippen LogP contribution in [-0.4, -0.2) is 10.9 Å². The van der Waals surface area contributed by atoms with Crippen molar-refractivity contribution < 1.29 is 4.79 Å². The van der Waals surface area contributed by atoms with E-state index < -0.39 is 5.41 Å². The highest BCUT2D eigenvalue weighted by Crippen LogP contribution is 2.33. The summed E-state index contributed by atoms with van der Waals surface area (Å²) in [5.74, 6) is -0.0973. The van der Waals surface area contributed by atoms with Crippen molar-refractivity contribution in [2.75, 3.05) is 5.32 Å². The van der Waals surface area contributed by atoms with E-state index in [2.05, 4.69) is 21.2 Å². The van der Waals surface area contributed by atoms with Gasteiger partial charge in [0.15, 0.2) is 0 Å². The molecule has 3 nitrogen and oxygen atoms in total. The lowest BCUT2D eigenvalue weighted by Crippen LogP contribution is -2.46. The summed E-state index contributed by atoms with van der Waals surface area (Å²) in [5.41, 5.74) is 6.98. The number of aryl methyl sites for hydroxylation is 1. The van der Waals surface area contributed by atoms with Gasteiger partial charge in [-0.2, -0.15) is 0 Å². The highest BCUT2D eigenvalue weighted by Gasteiger charge is 2.39. The van der Waals surface area contributed by atoms with Crippen LogP contribution in [0.3, 0.4) is 0 Å². The topological polar surface area (TPSA) is 55.1 Å². The fourth-order valence-electron chi connectivity index (χ4n) is 2.53. The number of thiocarbonyl (C=S) groups is 1. The van der Waals surface area contributed by atoms with Gasteiger partial charge in [-0.25, -0.2) is 0 Å². The first-order chi connectivity index (χ1) is 9.87. The molecule has 3 N–H and O–H groups in total. The third kappa shape index (κ3) is 4.27. The molecule has 0 heterocycles. The molecule has 0 bridgehead atoms. The number of nitrogens with one attached hydrogen (secondary N) is 1. The first-order valence-corrected chi connectivity index (χ1v) is 8.45. The minimum atomic E-state index is -0.756. The third-order valence-corrected chi connectivity index (χ3v) is 4.59. The number of amides is 1. The average molecular weight is 371 g/mol. The summed E-state index contributed by atoms with van der Waals surface area (Å²) in [4.78, 5) is 13.1. The Labute approximate surface area is 140 Å².